The van der Waals surface area contributed by atoms with Crippen molar-refractivity contribution in [2.24, 2.45) is 0 Å². The van der Waals surface area contributed by atoms with E-state index in [9.17, 15) is 14.4 Å². The lowest BCUT2D eigenvalue weighted by molar-refractivity contribution is -0.114. The van der Waals surface area contributed by atoms with Gasteiger partial charge in [-0.3, -0.25) is 14.4 Å². The van der Waals surface area contributed by atoms with Crippen LogP contribution in [0.2, 0.25) is 0 Å². The lowest BCUT2D eigenvalue weighted by atomic mass is 10.1. The highest BCUT2D eigenvalue weighted by molar-refractivity contribution is 5.98. The van der Waals surface area contributed by atoms with E-state index in [1.807, 2.05) is 20.8 Å². The van der Waals surface area contributed by atoms with Crippen molar-refractivity contribution in [3.8, 4) is 0 Å². The lowest BCUT2D eigenvalue weighted by Gasteiger charge is -2.20. The normalized spacial score (nSPS) is 10.7. The molecule has 0 radical (unpaired) electrons. The van der Waals surface area contributed by atoms with E-state index < -0.39 is 0 Å². The molecule has 2 aromatic carbocycles. The van der Waals surface area contributed by atoms with Gasteiger partial charge in [0.05, 0.1) is 6.54 Å². The van der Waals surface area contributed by atoms with Gasteiger partial charge in [0.1, 0.15) is 0 Å². The van der Waals surface area contributed by atoms with Crippen LogP contribution < -0.4 is 21.3 Å². The van der Waals surface area contributed by atoms with Crippen LogP contribution in [-0.2, 0) is 4.79 Å². The van der Waals surface area contributed by atoms with Gasteiger partial charge in [0.25, 0.3) is 11.8 Å². The van der Waals surface area contributed by atoms with E-state index in [4.69, 9.17) is 0 Å². The van der Waals surface area contributed by atoms with Crippen molar-refractivity contribution in [2.75, 3.05) is 24.2 Å². The SMILES string of the molecule is CNC(=O)c1cccc(NC(=O)CNc2ccc(C(=O)NC(C)(C)C)cc2)c1. The van der Waals surface area contributed by atoms with E-state index in [1.165, 1.54) is 0 Å². The summed E-state index contributed by atoms with van der Waals surface area (Å²) in [5, 5.41) is 11.2. The summed E-state index contributed by atoms with van der Waals surface area (Å²) in [4.78, 5) is 35.9. The Balaban J connectivity index is 1.89. The number of carbonyl (C=O) groups is 3. The minimum atomic E-state index is -0.304. The van der Waals surface area contributed by atoms with Gasteiger partial charge in [-0.1, -0.05) is 6.07 Å². The van der Waals surface area contributed by atoms with E-state index in [2.05, 4.69) is 21.3 Å². The summed E-state index contributed by atoms with van der Waals surface area (Å²) in [5.41, 5.74) is 1.98. The van der Waals surface area contributed by atoms with Crippen molar-refractivity contribution in [3.63, 3.8) is 0 Å². The second-order valence-corrected chi connectivity index (χ2v) is 7.34. The van der Waals surface area contributed by atoms with Crippen LogP contribution in [0.5, 0.6) is 0 Å². The van der Waals surface area contributed by atoms with Gasteiger partial charge in [-0.15, -0.1) is 0 Å². The monoisotopic (exact) mass is 382 g/mol. The van der Waals surface area contributed by atoms with Crippen LogP contribution in [0.4, 0.5) is 11.4 Å². The highest BCUT2D eigenvalue weighted by Gasteiger charge is 2.15. The number of rotatable bonds is 6. The highest BCUT2D eigenvalue weighted by atomic mass is 16.2. The molecule has 0 saturated carbocycles. The molecule has 7 nitrogen and oxygen atoms in total. The summed E-state index contributed by atoms with van der Waals surface area (Å²) in [6.07, 6.45) is 0. The first kappa shape index (κ1) is 21.0. The van der Waals surface area contributed by atoms with Gasteiger partial charge >= 0.3 is 0 Å². The zero-order valence-corrected chi connectivity index (χ0v) is 16.6. The molecule has 2 rings (SSSR count). The number of hydrogen-bond acceptors (Lipinski definition) is 4. The summed E-state index contributed by atoms with van der Waals surface area (Å²) in [5.74, 6) is -0.610. The van der Waals surface area contributed by atoms with Crippen molar-refractivity contribution >= 4 is 29.1 Å². The molecule has 0 aliphatic heterocycles. The summed E-state index contributed by atoms with van der Waals surface area (Å²) in [7, 11) is 1.55. The predicted octanol–water partition coefficient (Wildman–Crippen LogP) is 2.63. The summed E-state index contributed by atoms with van der Waals surface area (Å²) >= 11 is 0. The van der Waals surface area contributed by atoms with Gasteiger partial charge in [-0.05, 0) is 63.2 Å². The first-order valence-corrected chi connectivity index (χ1v) is 8.96. The highest BCUT2D eigenvalue weighted by Crippen LogP contribution is 2.12. The Hall–Kier alpha value is -3.35. The minimum absolute atomic E-state index is 0.0533. The van der Waals surface area contributed by atoms with Crippen LogP contribution in [0.3, 0.4) is 0 Å². The fourth-order valence-corrected chi connectivity index (χ4v) is 2.42. The molecular weight excluding hydrogens is 356 g/mol. The third-order valence-electron chi connectivity index (χ3n) is 3.72. The van der Waals surface area contributed by atoms with E-state index >= 15 is 0 Å². The molecule has 0 atom stereocenters. The number of hydrogen-bond donors (Lipinski definition) is 4. The van der Waals surface area contributed by atoms with Crippen molar-refractivity contribution in [1.29, 1.82) is 0 Å². The first-order valence-electron chi connectivity index (χ1n) is 8.96. The number of anilines is 2. The standard InChI is InChI=1S/C21H26N4O3/c1-21(2,3)25-20(28)14-8-10-16(11-9-14)23-13-18(26)24-17-7-5-6-15(12-17)19(27)22-4/h5-12,23H,13H2,1-4H3,(H,22,27)(H,24,26)(H,25,28). The number of amides is 3. The van der Waals surface area contributed by atoms with Crippen molar-refractivity contribution < 1.29 is 14.4 Å². The van der Waals surface area contributed by atoms with Gasteiger partial charge in [0.15, 0.2) is 0 Å². The van der Waals surface area contributed by atoms with E-state index in [1.54, 1.807) is 55.6 Å². The Kier molecular flexibility index (Phi) is 6.76. The molecule has 0 heterocycles. The Bertz CT molecular complexity index is 855. The minimum Gasteiger partial charge on any atom is -0.376 e. The van der Waals surface area contributed by atoms with Crippen LogP contribution in [0, 0.1) is 0 Å². The van der Waals surface area contributed by atoms with Gasteiger partial charge in [-0.25, -0.2) is 0 Å². The molecule has 0 aliphatic carbocycles. The molecule has 3 amide bonds. The fraction of sp³-hybridized carbons (Fsp3) is 0.286. The molecule has 0 spiro atoms. The summed E-state index contributed by atoms with van der Waals surface area (Å²) in [6, 6.07) is 13.6. The summed E-state index contributed by atoms with van der Waals surface area (Å²) < 4.78 is 0. The molecule has 0 aromatic heterocycles. The van der Waals surface area contributed by atoms with E-state index in [0.717, 1.165) is 5.69 Å². The van der Waals surface area contributed by atoms with E-state index in [-0.39, 0.29) is 29.8 Å². The third-order valence-corrected chi connectivity index (χ3v) is 3.72. The molecular formula is C21H26N4O3. The van der Waals surface area contributed by atoms with Gasteiger partial charge in [0, 0.05) is 35.1 Å². The first-order chi connectivity index (χ1) is 13.2. The maximum absolute atomic E-state index is 12.1. The molecule has 4 N–H and O–H groups in total. The van der Waals surface area contributed by atoms with E-state index in [0.29, 0.717) is 16.8 Å². The topological polar surface area (TPSA) is 99.3 Å². The van der Waals surface area contributed by atoms with Gasteiger partial charge in [-0.2, -0.15) is 0 Å². The van der Waals surface area contributed by atoms with Gasteiger partial charge < -0.3 is 21.3 Å². The van der Waals surface area contributed by atoms with Crippen LogP contribution in [0.1, 0.15) is 41.5 Å². The van der Waals surface area contributed by atoms with Crippen LogP contribution in [-0.4, -0.2) is 36.9 Å². The third kappa shape index (κ3) is 6.42. The van der Waals surface area contributed by atoms with Crippen LogP contribution in [0.25, 0.3) is 0 Å². The van der Waals surface area contributed by atoms with Crippen molar-refractivity contribution in [2.45, 2.75) is 26.3 Å². The van der Waals surface area contributed by atoms with Crippen molar-refractivity contribution in [1.82, 2.24) is 10.6 Å². The zero-order valence-electron chi connectivity index (χ0n) is 16.6. The fourth-order valence-electron chi connectivity index (χ4n) is 2.42. The number of carbonyl (C=O) groups excluding carboxylic acids is 3. The van der Waals surface area contributed by atoms with Crippen LogP contribution in [0.15, 0.2) is 48.5 Å². The smallest absolute Gasteiger partial charge is 0.251 e. The molecule has 0 saturated heterocycles. The largest absolute Gasteiger partial charge is 0.376 e. The Morgan fingerprint density at radius 1 is 0.857 bits per heavy atom. The average Bonchev–Trinajstić information content (AvgIpc) is 2.65. The second kappa shape index (κ2) is 9.03. The number of nitrogens with one attached hydrogen (secondary N) is 4. The maximum atomic E-state index is 12.1. The quantitative estimate of drug-likeness (QED) is 0.617. The molecule has 2 aromatic rings. The maximum Gasteiger partial charge on any atom is 0.251 e. The molecule has 0 bridgehead atoms. The number of benzene rings is 2. The molecule has 0 unspecified atom stereocenters. The van der Waals surface area contributed by atoms with Gasteiger partial charge in [0.2, 0.25) is 5.91 Å². The molecule has 148 valence electrons. The molecule has 0 fully saturated rings. The lowest BCUT2D eigenvalue weighted by Crippen LogP contribution is -2.40. The average molecular weight is 382 g/mol. The Labute approximate surface area is 164 Å². The zero-order chi connectivity index (χ0) is 20.7. The molecule has 7 heteroatoms. The molecule has 28 heavy (non-hydrogen) atoms. The summed E-state index contributed by atoms with van der Waals surface area (Å²) in [6.45, 7) is 5.81. The molecule has 0 aliphatic rings. The predicted molar refractivity (Wildman–Crippen MR) is 111 cm³/mol. The second-order valence-electron chi connectivity index (χ2n) is 7.34. The Morgan fingerprint density at radius 3 is 2.14 bits per heavy atom. The van der Waals surface area contributed by atoms with Crippen LogP contribution >= 0.6 is 0 Å². The Morgan fingerprint density at radius 2 is 1.54 bits per heavy atom. The van der Waals surface area contributed by atoms with Crippen molar-refractivity contribution in [3.05, 3.63) is 59.7 Å².